The van der Waals surface area contributed by atoms with Crippen LogP contribution in [0.1, 0.15) is 20.3 Å². The first kappa shape index (κ1) is 15.9. The van der Waals surface area contributed by atoms with Crippen LogP contribution in [0.2, 0.25) is 0 Å². The monoisotopic (exact) mass is 259 g/mol. The van der Waals surface area contributed by atoms with E-state index >= 15 is 0 Å². The van der Waals surface area contributed by atoms with Crippen LogP contribution in [0.5, 0.6) is 0 Å². The molecule has 1 aliphatic heterocycles. The Bertz CT molecular complexity index is 218. The van der Waals surface area contributed by atoms with Crippen LogP contribution in [-0.2, 0) is 4.74 Å². The average Bonchev–Trinajstić information content (AvgIpc) is 2.51. The third-order valence-corrected chi connectivity index (χ3v) is 3.91. The number of nitrogens with zero attached hydrogens (tertiary/aromatic N) is 1. The van der Waals surface area contributed by atoms with Gasteiger partial charge in [0.2, 0.25) is 0 Å². The minimum Gasteiger partial charge on any atom is -0.386 e. The minimum absolute atomic E-state index is 0.143. The van der Waals surface area contributed by atoms with Gasteiger partial charge in [0.05, 0.1) is 6.10 Å². The maximum absolute atomic E-state index is 10.7. The van der Waals surface area contributed by atoms with E-state index in [1.165, 1.54) is 0 Å². The highest BCUT2D eigenvalue weighted by Crippen LogP contribution is 2.19. The van der Waals surface area contributed by atoms with Crippen molar-refractivity contribution in [1.29, 1.82) is 0 Å². The normalized spacial score (nSPS) is 24.7. The van der Waals surface area contributed by atoms with Crippen LogP contribution in [0.15, 0.2) is 0 Å². The Kier molecular flexibility index (Phi) is 7.11. The lowest BCUT2D eigenvalue weighted by molar-refractivity contribution is -0.102. The molecule has 5 nitrogen and oxygen atoms in total. The van der Waals surface area contributed by atoms with Crippen LogP contribution in [0.25, 0.3) is 0 Å². The SMILES string of the molecule is CCC(O)(CN1CCNCCNCC1)C(C)OC. The first-order chi connectivity index (χ1) is 8.62. The summed E-state index contributed by atoms with van der Waals surface area (Å²) in [6.45, 7) is 10.5. The van der Waals surface area contributed by atoms with E-state index in [-0.39, 0.29) is 6.10 Å². The quantitative estimate of drug-likeness (QED) is 0.630. The van der Waals surface area contributed by atoms with Gasteiger partial charge in [0.15, 0.2) is 0 Å². The van der Waals surface area contributed by atoms with E-state index < -0.39 is 5.60 Å². The van der Waals surface area contributed by atoms with Crippen LogP contribution in [0.3, 0.4) is 0 Å². The second-order valence-electron chi connectivity index (χ2n) is 5.11. The molecule has 2 atom stereocenters. The standard InChI is InChI=1S/C13H29N3O2/c1-4-13(17,12(2)18-3)11-16-9-7-14-5-6-15-8-10-16/h12,14-15,17H,4-11H2,1-3H3. The summed E-state index contributed by atoms with van der Waals surface area (Å²) in [4.78, 5) is 2.31. The highest BCUT2D eigenvalue weighted by atomic mass is 16.5. The zero-order chi connectivity index (χ0) is 13.4. The zero-order valence-electron chi connectivity index (χ0n) is 12.0. The van der Waals surface area contributed by atoms with E-state index in [1.54, 1.807) is 7.11 Å². The van der Waals surface area contributed by atoms with Crippen molar-refractivity contribution in [3.05, 3.63) is 0 Å². The molecule has 0 bridgehead atoms. The number of hydrogen-bond donors (Lipinski definition) is 3. The van der Waals surface area contributed by atoms with Gasteiger partial charge in [0.1, 0.15) is 5.60 Å². The van der Waals surface area contributed by atoms with Gasteiger partial charge >= 0.3 is 0 Å². The van der Waals surface area contributed by atoms with Gasteiger partial charge in [-0.25, -0.2) is 0 Å². The van der Waals surface area contributed by atoms with E-state index in [1.807, 2.05) is 13.8 Å². The first-order valence-electron chi connectivity index (χ1n) is 7.01. The molecule has 0 aromatic carbocycles. The lowest BCUT2D eigenvalue weighted by Gasteiger charge is -2.37. The third kappa shape index (κ3) is 4.82. The van der Waals surface area contributed by atoms with Crippen LogP contribution < -0.4 is 10.6 Å². The predicted octanol–water partition coefficient (Wildman–Crippen LogP) is -0.343. The van der Waals surface area contributed by atoms with Crippen LogP contribution >= 0.6 is 0 Å². The summed E-state index contributed by atoms with van der Waals surface area (Å²) in [5.41, 5.74) is -0.761. The van der Waals surface area contributed by atoms with Crippen molar-refractivity contribution in [3.8, 4) is 0 Å². The Morgan fingerprint density at radius 2 is 1.78 bits per heavy atom. The number of hydrogen-bond acceptors (Lipinski definition) is 5. The predicted molar refractivity (Wildman–Crippen MR) is 73.9 cm³/mol. The van der Waals surface area contributed by atoms with Gasteiger partial charge in [0, 0.05) is 52.9 Å². The van der Waals surface area contributed by atoms with Gasteiger partial charge < -0.3 is 20.5 Å². The van der Waals surface area contributed by atoms with Gasteiger partial charge in [-0.3, -0.25) is 4.90 Å². The molecule has 0 spiro atoms. The van der Waals surface area contributed by atoms with E-state index in [9.17, 15) is 5.11 Å². The molecule has 1 saturated heterocycles. The molecule has 1 rings (SSSR count). The van der Waals surface area contributed by atoms with Gasteiger partial charge in [-0.1, -0.05) is 6.92 Å². The molecule has 1 fully saturated rings. The number of aliphatic hydroxyl groups is 1. The van der Waals surface area contributed by atoms with Gasteiger partial charge in [-0.15, -0.1) is 0 Å². The molecule has 1 heterocycles. The smallest absolute Gasteiger partial charge is 0.103 e. The van der Waals surface area contributed by atoms with Crippen LogP contribution in [0, 0.1) is 0 Å². The summed E-state index contributed by atoms with van der Waals surface area (Å²) in [5.74, 6) is 0. The van der Waals surface area contributed by atoms with Gasteiger partial charge in [-0.2, -0.15) is 0 Å². The molecule has 3 N–H and O–H groups in total. The number of rotatable bonds is 5. The first-order valence-corrected chi connectivity index (χ1v) is 7.01. The molecule has 5 heteroatoms. The van der Waals surface area contributed by atoms with Crippen molar-refractivity contribution in [2.75, 3.05) is 52.9 Å². The second kappa shape index (κ2) is 8.07. The maximum atomic E-state index is 10.7. The summed E-state index contributed by atoms with van der Waals surface area (Å²) >= 11 is 0. The molecule has 0 aliphatic carbocycles. The highest BCUT2D eigenvalue weighted by Gasteiger charge is 2.34. The Hall–Kier alpha value is -0.200. The topological polar surface area (TPSA) is 56.8 Å². The number of ether oxygens (including phenoxy) is 1. The van der Waals surface area contributed by atoms with E-state index in [0.717, 1.165) is 39.3 Å². The van der Waals surface area contributed by atoms with E-state index in [4.69, 9.17) is 4.74 Å². The average molecular weight is 259 g/mol. The largest absolute Gasteiger partial charge is 0.386 e. The summed E-state index contributed by atoms with van der Waals surface area (Å²) in [7, 11) is 1.66. The second-order valence-corrected chi connectivity index (χ2v) is 5.11. The lowest BCUT2D eigenvalue weighted by atomic mass is 9.93. The molecule has 0 radical (unpaired) electrons. The Morgan fingerprint density at radius 1 is 1.22 bits per heavy atom. The van der Waals surface area contributed by atoms with Crippen molar-refractivity contribution in [3.63, 3.8) is 0 Å². The molecule has 108 valence electrons. The van der Waals surface area contributed by atoms with Crippen molar-refractivity contribution in [2.45, 2.75) is 32.0 Å². The van der Waals surface area contributed by atoms with Crippen molar-refractivity contribution in [2.24, 2.45) is 0 Å². The summed E-state index contributed by atoms with van der Waals surface area (Å²) in [6.07, 6.45) is 0.565. The number of nitrogens with one attached hydrogen (secondary N) is 2. The van der Waals surface area contributed by atoms with Gasteiger partial charge in [0.25, 0.3) is 0 Å². The summed E-state index contributed by atoms with van der Waals surface area (Å²) in [5, 5.41) is 17.4. The summed E-state index contributed by atoms with van der Waals surface area (Å²) in [6, 6.07) is 0. The fourth-order valence-electron chi connectivity index (χ4n) is 2.31. The Balaban J connectivity index is 2.54. The van der Waals surface area contributed by atoms with Crippen molar-refractivity contribution in [1.82, 2.24) is 15.5 Å². The Morgan fingerprint density at radius 3 is 2.22 bits per heavy atom. The molecule has 0 aromatic heterocycles. The van der Waals surface area contributed by atoms with Crippen molar-refractivity contribution < 1.29 is 9.84 Å². The molecule has 0 saturated carbocycles. The number of β-amino-alcohol motifs (C(OH)–C–C–N with tert-alkyl or cyclic N) is 1. The highest BCUT2D eigenvalue weighted by molar-refractivity contribution is 4.87. The molecular formula is C13H29N3O2. The summed E-state index contributed by atoms with van der Waals surface area (Å²) < 4.78 is 5.32. The molecular weight excluding hydrogens is 230 g/mol. The fraction of sp³-hybridized carbons (Fsp3) is 1.00. The molecule has 18 heavy (non-hydrogen) atoms. The molecule has 1 aliphatic rings. The van der Waals surface area contributed by atoms with Crippen molar-refractivity contribution >= 4 is 0 Å². The Labute approximate surface area is 111 Å². The van der Waals surface area contributed by atoms with Crippen LogP contribution in [-0.4, -0.2) is 74.6 Å². The maximum Gasteiger partial charge on any atom is 0.103 e. The van der Waals surface area contributed by atoms with E-state index in [0.29, 0.717) is 13.0 Å². The zero-order valence-corrected chi connectivity index (χ0v) is 12.0. The fourth-order valence-corrected chi connectivity index (χ4v) is 2.31. The third-order valence-electron chi connectivity index (χ3n) is 3.91. The molecule has 0 amide bonds. The van der Waals surface area contributed by atoms with Crippen LogP contribution in [0.4, 0.5) is 0 Å². The van der Waals surface area contributed by atoms with E-state index in [2.05, 4.69) is 15.5 Å². The van der Waals surface area contributed by atoms with Gasteiger partial charge in [-0.05, 0) is 13.3 Å². The minimum atomic E-state index is -0.761. The molecule has 2 unspecified atom stereocenters. The lowest BCUT2D eigenvalue weighted by Crippen LogP contribution is -2.52. The number of methoxy groups -OCH3 is 1. The molecule has 0 aromatic rings.